The van der Waals surface area contributed by atoms with E-state index in [2.05, 4.69) is 5.32 Å². The van der Waals surface area contributed by atoms with Crippen molar-refractivity contribution < 1.29 is 9.13 Å². The van der Waals surface area contributed by atoms with Gasteiger partial charge in [-0.05, 0) is 43.7 Å². The van der Waals surface area contributed by atoms with Crippen molar-refractivity contribution in [1.29, 1.82) is 0 Å². The van der Waals surface area contributed by atoms with Crippen LogP contribution in [0.5, 0.6) is 5.75 Å². The molecule has 0 saturated heterocycles. The first kappa shape index (κ1) is 15.8. The Morgan fingerprint density at radius 1 is 1.19 bits per heavy atom. The molecule has 1 unspecified atom stereocenters. The molecular formula is C17H19ClFNO. The molecule has 0 fully saturated rings. The predicted molar refractivity (Wildman–Crippen MR) is 84.4 cm³/mol. The van der Waals surface area contributed by atoms with Gasteiger partial charge in [0.1, 0.15) is 18.2 Å². The van der Waals surface area contributed by atoms with E-state index in [4.69, 9.17) is 16.3 Å². The standard InChI is InChI=1S/C17H19ClFNO/c1-12-3-7-16(8-4-12)21-11-13(2)20-10-14-5-6-15(19)9-17(14)18/h3-9,13,20H,10-11H2,1-2H3. The van der Waals surface area contributed by atoms with E-state index < -0.39 is 0 Å². The Balaban J connectivity index is 1.79. The summed E-state index contributed by atoms with van der Waals surface area (Å²) >= 11 is 5.99. The molecule has 0 spiro atoms. The molecule has 0 saturated carbocycles. The smallest absolute Gasteiger partial charge is 0.124 e. The second-order valence-corrected chi connectivity index (χ2v) is 5.55. The monoisotopic (exact) mass is 307 g/mol. The topological polar surface area (TPSA) is 21.3 Å². The lowest BCUT2D eigenvalue weighted by atomic mass is 10.2. The van der Waals surface area contributed by atoms with Gasteiger partial charge in [0, 0.05) is 17.6 Å². The van der Waals surface area contributed by atoms with Gasteiger partial charge in [-0.15, -0.1) is 0 Å². The predicted octanol–water partition coefficient (Wildman–Crippen LogP) is 4.34. The summed E-state index contributed by atoms with van der Waals surface area (Å²) in [5, 5.41) is 3.75. The van der Waals surface area contributed by atoms with Crippen LogP contribution >= 0.6 is 11.6 Å². The molecule has 2 nitrogen and oxygen atoms in total. The maximum Gasteiger partial charge on any atom is 0.124 e. The molecule has 1 N–H and O–H groups in total. The molecule has 0 aliphatic carbocycles. The average molecular weight is 308 g/mol. The van der Waals surface area contributed by atoms with Crippen molar-refractivity contribution in [2.45, 2.75) is 26.4 Å². The minimum atomic E-state index is -0.320. The Labute approximate surface area is 129 Å². The summed E-state index contributed by atoms with van der Waals surface area (Å²) in [6, 6.07) is 12.5. The summed E-state index contributed by atoms with van der Waals surface area (Å²) in [6.07, 6.45) is 0. The van der Waals surface area contributed by atoms with Crippen LogP contribution in [0.3, 0.4) is 0 Å². The van der Waals surface area contributed by atoms with Gasteiger partial charge in [0.05, 0.1) is 0 Å². The van der Waals surface area contributed by atoms with E-state index in [0.717, 1.165) is 11.3 Å². The number of benzene rings is 2. The highest BCUT2D eigenvalue weighted by Gasteiger charge is 2.06. The first-order valence-electron chi connectivity index (χ1n) is 6.91. The summed E-state index contributed by atoms with van der Waals surface area (Å²) in [5.74, 6) is 0.536. The van der Waals surface area contributed by atoms with Crippen molar-refractivity contribution >= 4 is 11.6 Å². The molecule has 2 rings (SSSR count). The number of hydrogen-bond acceptors (Lipinski definition) is 2. The zero-order valence-corrected chi connectivity index (χ0v) is 13.0. The number of halogens is 2. The maximum atomic E-state index is 13.0. The van der Waals surface area contributed by atoms with E-state index in [-0.39, 0.29) is 11.9 Å². The van der Waals surface area contributed by atoms with Gasteiger partial charge in [-0.25, -0.2) is 4.39 Å². The second-order valence-electron chi connectivity index (χ2n) is 5.14. The minimum Gasteiger partial charge on any atom is -0.492 e. The summed E-state index contributed by atoms with van der Waals surface area (Å²) < 4.78 is 18.7. The summed E-state index contributed by atoms with van der Waals surface area (Å²) in [5.41, 5.74) is 2.08. The van der Waals surface area contributed by atoms with Crippen molar-refractivity contribution in [3.63, 3.8) is 0 Å². The van der Waals surface area contributed by atoms with Gasteiger partial charge in [-0.2, -0.15) is 0 Å². The van der Waals surface area contributed by atoms with Gasteiger partial charge in [-0.1, -0.05) is 35.4 Å². The van der Waals surface area contributed by atoms with Crippen LogP contribution in [0.1, 0.15) is 18.1 Å². The van der Waals surface area contributed by atoms with Gasteiger partial charge in [0.2, 0.25) is 0 Å². The molecule has 1 atom stereocenters. The lowest BCUT2D eigenvalue weighted by Gasteiger charge is -2.15. The van der Waals surface area contributed by atoms with E-state index in [0.29, 0.717) is 18.2 Å². The quantitative estimate of drug-likeness (QED) is 0.857. The molecule has 4 heteroatoms. The molecule has 0 heterocycles. The lowest BCUT2D eigenvalue weighted by Crippen LogP contribution is -2.31. The van der Waals surface area contributed by atoms with Crippen molar-refractivity contribution in [2.24, 2.45) is 0 Å². The van der Waals surface area contributed by atoms with Crippen molar-refractivity contribution in [1.82, 2.24) is 5.32 Å². The highest BCUT2D eigenvalue weighted by Crippen LogP contribution is 2.17. The van der Waals surface area contributed by atoms with E-state index in [1.54, 1.807) is 6.07 Å². The fourth-order valence-electron chi connectivity index (χ4n) is 1.86. The fraction of sp³-hybridized carbons (Fsp3) is 0.294. The van der Waals surface area contributed by atoms with Crippen molar-refractivity contribution in [2.75, 3.05) is 6.61 Å². The van der Waals surface area contributed by atoms with Crippen molar-refractivity contribution in [3.8, 4) is 5.75 Å². The highest BCUT2D eigenvalue weighted by atomic mass is 35.5. The van der Waals surface area contributed by atoms with Crippen molar-refractivity contribution in [3.05, 3.63) is 64.4 Å². The molecule has 0 radical (unpaired) electrons. The summed E-state index contributed by atoms with van der Waals surface area (Å²) in [4.78, 5) is 0. The number of hydrogen-bond donors (Lipinski definition) is 1. The number of rotatable bonds is 6. The van der Waals surface area contributed by atoms with Crippen LogP contribution in [0.15, 0.2) is 42.5 Å². The van der Waals surface area contributed by atoms with Gasteiger partial charge in [0.25, 0.3) is 0 Å². The molecule has 2 aromatic carbocycles. The third kappa shape index (κ3) is 5.03. The SMILES string of the molecule is Cc1ccc(OCC(C)NCc2ccc(F)cc2Cl)cc1. The lowest BCUT2D eigenvalue weighted by molar-refractivity contribution is 0.272. The molecule has 21 heavy (non-hydrogen) atoms. The van der Waals surface area contributed by atoms with Gasteiger partial charge in [0.15, 0.2) is 0 Å². The Morgan fingerprint density at radius 2 is 1.90 bits per heavy atom. The van der Waals surface area contributed by atoms with Gasteiger partial charge >= 0.3 is 0 Å². The Hall–Kier alpha value is -1.58. The molecule has 112 valence electrons. The molecule has 0 aliphatic rings. The molecule has 0 amide bonds. The maximum absolute atomic E-state index is 13.0. The van der Waals surface area contributed by atoms with E-state index >= 15 is 0 Å². The van der Waals surface area contributed by atoms with Crippen LogP contribution in [0, 0.1) is 12.7 Å². The van der Waals surface area contributed by atoms with E-state index in [1.807, 2.05) is 38.1 Å². The summed E-state index contributed by atoms with van der Waals surface area (Å²) in [7, 11) is 0. The van der Waals surface area contributed by atoms with Crippen LogP contribution in [-0.2, 0) is 6.54 Å². The number of ether oxygens (including phenoxy) is 1. The molecule has 0 aliphatic heterocycles. The van der Waals surface area contributed by atoms with Gasteiger partial charge < -0.3 is 10.1 Å². The largest absolute Gasteiger partial charge is 0.492 e. The Bertz CT molecular complexity index is 586. The van der Waals surface area contributed by atoms with E-state index in [9.17, 15) is 4.39 Å². The normalized spacial score (nSPS) is 12.2. The highest BCUT2D eigenvalue weighted by molar-refractivity contribution is 6.31. The van der Waals surface area contributed by atoms with E-state index in [1.165, 1.54) is 17.7 Å². The zero-order chi connectivity index (χ0) is 15.2. The first-order chi connectivity index (χ1) is 10.0. The first-order valence-corrected chi connectivity index (χ1v) is 7.29. The fourth-order valence-corrected chi connectivity index (χ4v) is 2.10. The second kappa shape index (κ2) is 7.43. The van der Waals surface area contributed by atoms with Crippen LogP contribution < -0.4 is 10.1 Å². The van der Waals surface area contributed by atoms with Crippen LogP contribution in [0.25, 0.3) is 0 Å². The van der Waals surface area contributed by atoms with Gasteiger partial charge in [-0.3, -0.25) is 0 Å². The number of nitrogens with one attached hydrogen (secondary N) is 1. The average Bonchev–Trinajstić information content (AvgIpc) is 2.46. The minimum absolute atomic E-state index is 0.160. The molecule has 2 aromatic rings. The Kier molecular flexibility index (Phi) is 5.59. The van der Waals surface area contributed by atoms with Crippen LogP contribution in [-0.4, -0.2) is 12.6 Å². The van der Waals surface area contributed by atoms with Crippen LogP contribution in [0.2, 0.25) is 5.02 Å². The molecule has 0 bridgehead atoms. The number of aryl methyl sites for hydroxylation is 1. The van der Waals surface area contributed by atoms with Crippen LogP contribution in [0.4, 0.5) is 4.39 Å². The summed E-state index contributed by atoms with van der Waals surface area (Å²) in [6.45, 7) is 5.21. The molecule has 0 aromatic heterocycles. The third-order valence-corrected chi connectivity index (χ3v) is 3.53. The molecular weight excluding hydrogens is 289 g/mol. The Morgan fingerprint density at radius 3 is 2.57 bits per heavy atom. The zero-order valence-electron chi connectivity index (χ0n) is 12.2. The third-order valence-electron chi connectivity index (χ3n) is 3.18.